The molecule has 5 aromatic rings. The highest BCUT2D eigenvalue weighted by molar-refractivity contribution is 6.05. The van der Waals surface area contributed by atoms with Gasteiger partial charge in [0.15, 0.2) is 0 Å². The predicted molar refractivity (Wildman–Crippen MR) is 141 cm³/mol. The molecule has 0 radical (unpaired) electrons. The van der Waals surface area contributed by atoms with Crippen molar-refractivity contribution in [3.05, 3.63) is 72.2 Å². The van der Waals surface area contributed by atoms with E-state index in [2.05, 4.69) is 55.9 Å². The van der Waals surface area contributed by atoms with E-state index < -0.39 is 0 Å². The molecule has 6 nitrogen and oxygen atoms in total. The van der Waals surface area contributed by atoms with Gasteiger partial charge >= 0.3 is 0 Å². The number of nitrogens with one attached hydrogen (secondary N) is 4. The highest BCUT2D eigenvalue weighted by Crippen LogP contribution is 2.46. The van der Waals surface area contributed by atoms with E-state index in [9.17, 15) is 0 Å². The van der Waals surface area contributed by atoms with E-state index in [1.165, 1.54) is 19.3 Å². The minimum atomic E-state index is -0.246. The van der Waals surface area contributed by atoms with Crippen molar-refractivity contribution >= 4 is 21.8 Å². The summed E-state index contributed by atoms with van der Waals surface area (Å²) in [7, 11) is 0. The molecule has 3 unspecified atom stereocenters. The summed E-state index contributed by atoms with van der Waals surface area (Å²) in [5.41, 5.74) is 5.20. The lowest BCUT2D eigenvalue weighted by Gasteiger charge is -2.10. The van der Waals surface area contributed by atoms with E-state index in [4.69, 9.17) is 4.98 Å². The summed E-state index contributed by atoms with van der Waals surface area (Å²) in [6.45, 7) is 0. The molecular weight excluding hydrogens is 463 g/mol. The molecule has 2 saturated heterocycles. The minimum Gasteiger partial charge on any atom is -0.341 e. The van der Waals surface area contributed by atoms with E-state index in [1.807, 2.05) is 12.1 Å². The van der Waals surface area contributed by atoms with E-state index in [0.717, 1.165) is 68.5 Å². The van der Waals surface area contributed by atoms with Crippen LogP contribution in [0.4, 0.5) is 4.39 Å². The van der Waals surface area contributed by atoms with Crippen LogP contribution < -0.4 is 10.6 Å². The lowest BCUT2D eigenvalue weighted by Crippen LogP contribution is -2.18. The quantitative estimate of drug-likeness (QED) is 0.258. The smallest absolute Gasteiger partial charge is 0.133 e. The fourth-order valence-electron chi connectivity index (χ4n) is 6.79. The van der Waals surface area contributed by atoms with Crippen molar-refractivity contribution in [2.24, 2.45) is 11.8 Å². The zero-order valence-corrected chi connectivity index (χ0v) is 20.3. The summed E-state index contributed by atoms with van der Waals surface area (Å²) in [4.78, 5) is 16.4. The molecule has 0 spiro atoms. The number of piperidine rings is 2. The molecule has 3 aromatic carbocycles. The molecule has 4 heterocycles. The van der Waals surface area contributed by atoms with Crippen LogP contribution in [0.15, 0.2) is 54.7 Å². The maximum Gasteiger partial charge on any atom is 0.133 e. The van der Waals surface area contributed by atoms with Gasteiger partial charge in [0.2, 0.25) is 0 Å². The molecule has 2 aliphatic carbocycles. The maximum absolute atomic E-state index is 15.3. The summed E-state index contributed by atoms with van der Waals surface area (Å²) in [6, 6.07) is 18.0. The molecule has 184 valence electrons. The number of hydrogen-bond donors (Lipinski definition) is 4. The zero-order valence-electron chi connectivity index (χ0n) is 20.3. The highest BCUT2D eigenvalue weighted by atomic mass is 19.1. The normalized spacial score (nSPS) is 29.6. The topological polar surface area (TPSA) is 81.4 Å². The Bertz CT molecular complexity index is 1700. The number of hydrogen-bond acceptors (Lipinski definition) is 4. The van der Waals surface area contributed by atoms with E-state index in [-0.39, 0.29) is 11.9 Å². The van der Waals surface area contributed by atoms with Gasteiger partial charge in [0.05, 0.1) is 35.0 Å². The Kier molecular flexibility index (Phi) is 4.03. The first-order chi connectivity index (χ1) is 18.2. The van der Waals surface area contributed by atoms with E-state index in [0.29, 0.717) is 23.7 Å². The Morgan fingerprint density at radius 2 is 1.51 bits per heavy atom. The van der Waals surface area contributed by atoms with Crippen LogP contribution >= 0.6 is 0 Å². The van der Waals surface area contributed by atoms with Crippen molar-refractivity contribution in [2.75, 3.05) is 0 Å². The van der Waals surface area contributed by atoms with Gasteiger partial charge in [0.25, 0.3) is 0 Å². The van der Waals surface area contributed by atoms with Crippen LogP contribution in [0.3, 0.4) is 0 Å². The van der Waals surface area contributed by atoms with Crippen molar-refractivity contribution in [3.8, 4) is 22.4 Å². The number of benzene rings is 3. The monoisotopic (exact) mass is 490 g/mol. The number of imidazole rings is 2. The third kappa shape index (κ3) is 3.23. The molecule has 9 rings (SSSR count). The van der Waals surface area contributed by atoms with Crippen LogP contribution in [0.5, 0.6) is 0 Å². The standard InChI is InChI=1S/C30H27FN6/c31-21-8-15(2-5-20(21)27-13-32-29(36-27)25-11-17-9-23(17)33-25)14-1-4-19-16(7-14)3-6-22-28(19)37-30(35-22)26-12-18-10-24(18)34-26/h1-8,13,17-18,23-26,33-34H,9-12H2,(H,32,36)(H,35,37)/t17?,18?,23-,24-,25?,26+/m1/s1. The first-order valence-corrected chi connectivity index (χ1v) is 13.5. The molecule has 0 bridgehead atoms. The first-order valence-electron chi connectivity index (χ1n) is 13.5. The predicted octanol–water partition coefficient (Wildman–Crippen LogP) is 5.76. The van der Waals surface area contributed by atoms with Crippen molar-refractivity contribution in [2.45, 2.75) is 49.9 Å². The zero-order chi connectivity index (χ0) is 24.2. The summed E-state index contributed by atoms with van der Waals surface area (Å²) in [6.07, 6.45) is 6.63. The molecule has 0 amide bonds. The number of aromatic nitrogens is 4. The molecule has 2 saturated carbocycles. The van der Waals surface area contributed by atoms with Crippen molar-refractivity contribution in [1.29, 1.82) is 0 Å². The molecule has 6 atom stereocenters. The Hall–Kier alpha value is -3.55. The molecular formula is C30H27FN6. The van der Waals surface area contributed by atoms with Crippen LogP contribution in [-0.4, -0.2) is 32.0 Å². The van der Waals surface area contributed by atoms with Gasteiger partial charge in [-0.1, -0.05) is 24.3 Å². The van der Waals surface area contributed by atoms with Crippen molar-refractivity contribution < 1.29 is 4.39 Å². The Balaban J connectivity index is 1.02. The number of nitrogens with zero attached hydrogens (tertiary/aromatic N) is 2. The van der Waals surface area contributed by atoms with Gasteiger partial charge in [-0.2, -0.15) is 0 Å². The number of aromatic amines is 2. The Labute approximate surface area is 213 Å². The van der Waals surface area contributed by atoms with Crippen LogP contribution in [0.2, 0.25) is 0 Å². The summed E-state index contributed by atoms with van der Waals surface area (Å²) >= 11 is 0. The SMILES string of the molecule is Fc1cc(-c2ccc3c(ccc4[nH]c([C@@H]5CC6C[C@H]6N5)nc43)c2)ccc1-c1cnc(C2CC3C[C@H]3N2)[nH]1. The van der Waals surface area contributed by atoms with Crippen molar-refractivity contribution in [1.82, 2.24) is 30.6 Å². The van der Waals surface area contributed by atoms with Gasteiger partial charge < -0.3 is 20.6 Å². The number of halogens is 1. The van der Waals surface area contributed by atoms with Gasteiger partial charge in [0.1, 0.15) is 17.5 Å². The minimum absolute atomic E-state index is 0.246. The summed E-state index contributed by atoms with van der Waals surface area (Å²) < 4.78 is 15.3. The van der Waals surface area contributed by atoms with Gasteiger partial charge in [-0.3, -0.25) is 0 Å². The molecule has 4 fully saturated rings. The van der Waals surface area contributed by atoms with E-state index in [1.54, 1.807) is 12.3 Å². The van der Waals surface area contributed by atoms with Crippen LogP contribution in [0.1, 0.15) is 49.4 Å². The Morgan fingerprint density at radius 1 is 0.757 bits per heavy atom. The highest BCUT2D eigenvalue weighted by Gasteiger charge is 2.47. The van der Waals surface area contributed by atoms with Gasteiger partial charge in [-0.15, -0.1) is 0 Å². The van der Waals surface area contributed by atoms with Crippen molar-refractivity contribution in [3.63, 3.8) is 0 Å². The molecule has 4 aliphatic rings. The molecule has 2 aliphatic heterocycles. The number of H-pyrrole nitrogens is 2. The summed E-state index contributed by atoms with van der Waals surface area (Å²) in [5, 5.41) is 9.51. The van der Waals surface area contributed by atoms with Gasteiger partial charge in [-0.05, 0) is 78.3 Å². The average molecular weight is 491 g/mol. The van der Waals surface area contributed by atoms with Gasteiger partial charge in [0, 0.05) is 23.0 Å². The fraction of sp³-hybridized carbons (Fsp3) is 0.333. The van der Waals surface area contributed by atoms with Crippen LogP contribution in [-0.2, 0) is 0 Å². The molecule has 7 heteroatoms. The number of fused-ring (bicyclic) bond motifs is 5. The molecule has 2 aromatic heterocycles. The summed E-state index contributed by atoms with van der Waals surface area (Å²) in [5.74, 6) is 3.32. The third-order valence-corrected chi connectivity index (χ3v) is 9.09. The second kappa shape index (κ2) is 7.27. The number of rotatable bonds is 4. The van der Waals surface area contributed by atoms with Crippen LogP contribution in [0.25, 0.3) is 44.2 Å². The van der Waals surface area contributed by atoms with Gasteiger partial charge in [-0.25, -0.2) is 14.4 Å². The molecule has 4 N–H and O–H groups in total. The third-order valence-electron chi connectivity index (χ3n) is 9.09. The second-order valence-corrected chi connectivity index (χ2v) is 11.5. The first kappa shape index (κ1) is 20.5. The van der Waals surface area contributed by atoms with E-state index >= 15 is 4.39 Å². The second-order valence-electron chi connectivity index (χ2n) is 11.5. The maximum atomic E-state index is 15.3. The van der Waals surface area contributed by atoms with Crippen LogP contribution in [0, 0.1) is 17.7 Å². The Morgan fingerprint density at radius 3 is 2.27 bits per heavy atom. The largest absolute Gasteiger partial charge is 0.341 e. The fourth-order valence-corrected chi connectivity index (χ4v) is 6.79. The average Bonchev–Trinajstić information content (AvgIpc) is 3.50. The lowest BCUT2D eigenvalue weighted by molar-refractivity contribution is 0.543. The molecule has 37 heavy (non-hydrogen) atoms. The lowest BCUT2D eigenvalue weighted by atomic mass is 9.99.